The van der Waals surface area contributed by atoms with Crippen LogP contribution in [0, 0.1) is 17.9 Å². The molecule has 0 saturated carbocycles. The zero-order valence-electron chi connectivity index (χ0n) is 22.4. The minimum atomic E-state index is 0.578. The quantitative estimate of drug-likeness (QED) is 0.212. The third-order valence-electron chi connectivity index (χ3n) is 7.98. The van der Waals surface area contributed by atoms with Gasteiger partial charge in [-0.1, -0.05) is 48.5 Å². The van der Waals surface area contributed by atoms with Gasteiger partial charge >= 0.3 is 0 Å². The second kappa shape index (κ2) is 9.20. The Morgan fingerprint density at radius 2 is 1.26 bits per heavy atom. The van der Waals surface area contributed by atoms with Crippen LogP contribution in [0.1, 0.15) is 5.56 Å². The number of rotatable bonds is 3. The summed E-state index contributed by atoms with van der Waals surface area (Å²) in [5, 5.41) is 13.8. The Morgan fingerprint density at radius 1 is 0.595 bits per heavy atom. The third kappa shape index (κ3) is 3.52. The lowest BCUT2D eigenvalue weighted by Crippen LogP contribution is -1.96. The van der Waals surface area contributed by atoms with E-state index in [-0.39, 0.29) is 0 Å². The van der Waals surface area contributed by atoms with Gasteiger partial charge in [-0.15, -0.1) is 0 Å². The first-order chi connectivity index (χ1) is 20.7. The van der Waals surface area contributed by atoms with Crippen LogP contribution < -0.4 is 0 Å². The molecule has 3 aromatic heterocycles. The summed E-state index contributed by atoms with van der Waals surface area (Å²) in [6.07, 6.45) is 1.84. The Morgan fingerprint density at radius 3 is 2.02 bits per heavy atom. The van der Waals surface area contributed by atoms with Crippen molar-refractivity contribution in [3.8, 4) is 28.6 Å². The van der Waals surface area contributed by atoms with Gasteiger partial charge in [0.2, 0.25) is 0 Å². The highest BCUT2D eigenvalue weighted by atomic mass is 15.0. The Hall–Kier alpha value is -6.17. The van der Waals surface area contributed by atoms with Crippen molar-refractivity contribution in [3.63, 3.8) is 0 Å². The summed E-state index contributed by atoms with van der Waals surface area (Å²) in [5.74, 6) is 0. The number of hydrogen-bond acceptors (Lipinski definition) is 2. The largest absolute Gasteiger partial charge is 0.309 e. The van der Waals surface area contributed by atoms with Crippen LogP contribution in [0.5, 0.6) is 0 Å². The van der Waals surface area contributed by atoms with Crippen molar-refractivity contribution in [2.24, 2.45) is 0 Å². The average Bonchev–Trinajstić information content (AvgIpc) is 3.57. The lowest BCUT2D eigenvalue weighted by Gasteiger charge is -2.12. The fourth-order valence-electron chi connectivity index (χ4n) is 6.13. The van der Waals surface area contributed by atoms with Crippen molar-refractivity contribution in [3.05, 3.63) is 145 Å². The van der Waals surface area contributed by atoms with Crippen LogP contribution in [-0.4, -0.2) is 14.1 Å². The number of aromatic nitrogens is 3. The topological polar surface area (TPSA) is 50.9 Å². The second-order valence-electron chi connectivity index (χ2n) is 10.3. The van der Waals surface area contributed by atoms with Crippen LogP contribution in [0.25, 0.3) is 71.1 Å². The molecule has 8 rings (SSSR count). The number of pyridine rings is 1. The van der Waals surface area contributed by atoms with Crippen LogP contribution >= 0.6 is 0 Å². The Balaban J connectivity index is 1.31. The molecule has 0 radical (unpaired) electrons. The van der Waals surface area contributed by atoms with Crippen LogP contribution in [0.3, 0.4) is 0 Å². The smallest absolute Gasteiger partial charge is 0.188 e. The fourth-order valence-corrected chi connectivity index (χ4v) is 6.13. The predicted molar refractivity (Wildman–Crippen MR) is 169 cm³/mol. The number of nitrogens with zero attached hydrogens (tertiary/aromatic N) is 5. The second-order valence-corrected chi connectivity index (χ2v) is 10.3. The molecular formula is C37H21N5. The van der Waals surface area contributed by atoms with E-state index in [1.165, 1.54) is 5.39 Å². The van der Waals surface area contributed by atoms with Gasteiger partial charge in [0.15, 0.2) is 5.69 Å². The van der Waals surface area contributed by atoms with Crippen LogP contribution in [0.15, 0.2) is 128 Å². The minimum Gasteiger partial charge on any atom is -0.309 e. The minimum absolute atomic E-state index is 0.578. The molecule has 0 aliphatic carbocycles. The molecule has 5 heteroatoms. The number of nitriles is 1. The molecule has 5 nitrogen and oxygen atoms in total. The summed E-state index contributed by atoms with van der Waals surface area (Å²) in [6.45, 7) is 7.52. The normalized spacial score (nSPS) is 11.3. The lowest BCUT2D eigenvalue weighted by molar-refractivity contribution is 1.14. The summed E-state index contributed by atoms with van der Waals surface area (Å²) in [6, 6.07) is 43.4. The van der Waals surface area contributed by atoms with E-state index >= 15 is 0 Å². The molecule has 0 bridgehead atoms. The van der Waals surface area contributed by atoms with Crippen molar-refractivity contribution in [2.45, 2.75) is 0 Å². The molecular weight excluding hydrogens is 514 g/mol. The first-order valence-electron chi connectivity index (χ1n) is 13.6. The van der Waals surface area contributed by atoms with Crippen LogP contribution in [0.4, 0.5) is 5.69 Å². The molecule has 0 fully saturated rings. The molecule has 0 aliphatic heterocycles. The number of benzene rings is 5. The number of para-hydroxylation sites is 1. The standard InChI is InChI=1S/C37H21N5/c1-39-27-15-17-36-33(22-27)32-19-24(23-38)14-16-35(32)41(36)28-9-4-7-25(20-28)26-8-5-10-29(21-26)42-34-13-3-2-11-30(34)31-12-6-18-40-37(31)42/h2-22H. The molecule has 0 aliphatic rings. The summed E-state index contributed by atoms with van der Waals surface area (Å²) < 4.78 is 4.44. The maximum absolute atomic E-state index is 9.55. The molecule has 0 unspecified atom stereocenters. The molecule has 0 atom stereocenters. The highest BCUT2D eigenvalue weighted by molar-refractivity contribution is 6.11. The number of fused-ring (bicyclic) bond motifs is 6. The van der Waals surface area contributed by atoms with E-state index in [9.17, 15) is 5.26 Å². The molecule has 0 amide bonds. The molecule has 42 heavy (non-hydrogen) atoms. The van der Waals surface area contributed by atoms with Gasteiger partial charge in [-0.25, -0.2) is 9.83 Å². The van der Waals surface area contributed by atoms with Gasteiger partial charge in [-0.3, -0.25) is 4.57 Å². The maximum atomic E-state index is 9.55. The van der Waals surface area contributed by atoms with Crippen LogP contribution in [0.2, 0.25) is 0 Å². The van der Waals surface area contributed by atoms with Gasteiger partial charge in [-0.05, 0) is 89.3 Å². The van der Waals surface area contributed by atoms with Crippen molar-refractivity contribution < 1.29 is 0 Å². The molecule has 0 N–H and O–H groups in total. The first-order valence-corrected chi connectivity index (χ1v) is 13.6. The molecule has 3 heterocycles. The Bertz CT molecular complexity index is 2320. The van der Waals surface area contributed by atoms with Crippen molar-refractivity contribution in [2.75, 3.05) is 0 Å². The highest BCUT2D eigenvalue weighted by Crippen LogP contribution is 2.37. The van der Waals surface area contributed by atoms with Gasteiger partial charge in [0.25, 0.3) is 0 Å². The molecule has 0 spiro atoms. The summed E-state index contributed by atoms with van der Waals surface area (Å²) in [5.41, 5.74) is 9.47. The third-order valence-corrected chi connectivity index (χ3v) is 7.98. The molecule has 5 aromatic carbocycles. The zero-order chi connectivity index (χ0) is 28.2. The van der Waals surface area contributed by atoms with Gasteiger partial charge in [0.05, 0.1) is 34.8 Å². The van der Waals surface area contributed by atoms with E-state index in [0.29, 0.717) is 11.3 Å². The van der Waals surface area contributed by atoms with Gasteiger partial charge in [0, 0.05) is 33.7 Å². The van der Waals surface area contributed by atoms with E-state index < -0.39 is 0 Å². The Kier molecular flexibility index (Phi) is 5.19. The maximum Gasteiger partial charge on any atom is 0.188 e. The van der Waals surface area contributed by atoms with Crippen molar-refractivity contribution in [1.29, 1.82) is 5.26 Å². The molecule has 8 aromatic rings. The SMILES string of the molecule is [C-]#[N+]c1ccc2c(c1)c1cc(C#N)ccc1n2-c1cccc(-c2cccc(-n3c4ccccc4c4cccnc43)c2)c1. The van der Waals surface area contributed by atoms with E-state index in [1.807, 2.05) is 48.7 Å². The summed E-state index contributed by atoms with van der Waals surface area (Å²) in [7, 11) is 0. The molecule has 194 valence electrons. The number of hydrogen-bond donors (Lipinski definition) is 0. The Labute approximate surface area is 241 Å². The van der Waals surface area contributed by atoms with Crippen molar-refractivity contribution >= 4 is 49.4 Å². The van der Waals surface area contributed by atoms with Gasteiger partial charge < -0.3 is 4.57 Å². The highest BCUT2D eigenvalue weighted by Gasteiger charge is 2.16. The zero-order valence-corrected chi connectivity index (χ0v) is 22.4. The van der Waals surface area contributed by atoms with E-state index in [0.717, 1.165) is 60.9 Å². The average molecular weight is 536 g/mol. The van der Waals surface area contributed by atoms with E-state index in [4.69, 9.17) is 11.6 Å². The summed E-state index contributed by atoms with van der Waals surface area (Å²) in [4.78, 5) is 8.39. The van der Waals surface area contributed by atoms with E-state index in [2.05, 4.69) is 98.9 Å². The van der Waals surface area contributed by atoms with Gasteiger partial charge in [-0.2, -0.15) is 5.26 Å². The predicted octanol–water partition coefficient (Wildman–Crippen LogP) is 9.37. The lowest BCUT2D eigenvalue weighted by atomic mass is 10.0. The van der Waals surface area contributed by atoms with E-state index in [1.54, 1.807) is 0 Å². The molecule has 0 saturated heterocycles. The van der Waals surface area contributed by atoms with Crippen molar-refractivity contribution in [1.82, 2.24) is 14.1 Å². The van der Waals surface area contributed by atoms with Crippen LogP contribution in [-0.2, 0) is 0 Å². The fraction of sp³-hybridized carbons (Fsp3) is 0. The van der Waals surface area contributed by atoms with Gasteiger partial charge in [0.1, 0.15) is 5.65 Å². The monoisotopic (exact) mass is 535 g/mol. The summed E-state index contributed by atoms with van der Waals surface area (Å²) >= 11 is 0. The first kappa shape index (κ1) is 23.7.